The molecule has 4 aromatic rings. The van der Waals surface area contributed by atoms with E-state index in [2.05, 4.69) is 84.3 Å². The van der Waals surface area contributed by atoms with Gasteiger partial charge in [-0.1, -0.05) is 54.6 Å². The zero-order valence-corrected chi connectivity index (χ0v) is 20.2. The summed E-state index contributed by atoms with van der Waals surface area (Å²) in [6, 6.07) is 22.3. The molecule has 2 aromatic heterocycles. The Morgan fingerprint density at radius 1 is 0.857 bits per heavy atom. The Kier molecular flexibility index (Phi) is 6.43. The van der Waals surface area contributed by atoms with Crippen molar-refractivity contribution < 1.29 is 0 Å². The predicted octanol–water partition coefficient (Wildman–Crippen LogP) is 3.83. The summed E-state index contributed by atoms with van der Waals surface area (Å²) >= 11 is 0. The monoisotopic (exact) mass is 467 g/mol. The first-order chi connectivity index (χ1) is 17.3. The van der Waals surface area contributed by atoms with Crippen LogP contribution < -0.4 is 0 Å². The summed E-state index contributed by atoms with van der Waals surface area (Å²) in [6.07, 6.45) is 9.61. The van der Waals surface area contributed by atoms with Gasteiger partial charge in [-0.25, -0.2) is 0 Å². The minimum absolute atomic E-state index is 0.0903. The summed E-state index contributed by atoms with van der Waals surface area (Å²) in [7, 11) is 0. The molecule has 0 saturated carbocycles. The fourth-order valence-electron chi connectivity index (χ4n) is 5.69. The smallest absolute Gasteiger partial charge is 0.155 e. The first-order valence-corrected chi connectivity index (χ1v) is 12.8. The second-order valence-corrected chi connectivity index (χ2v) is 9.83. The fraction of sp³-hybridized carbons (Fsp3) is 0.393. The van der Waals surface area contributed by atoms with Gasteiger partial charge in [0.2, 0.25) is 0 Å². The third-order valence-electron chi connectivity index (χ3n) is 7.50. The van der Waals surface area contributed by atoms with Crippen LogP contribution in [0.3, 0.4) is 0 Å². The molecule has 0 N–H and O–H groups in total. The van der Waals surface area contributed by atoms with Crippen LogP contribution in [-0.4, -0.2) is 66.6 Å². The lowest BCUT2D eigenvalue weighted by molar-refractivity contribution is 0.210. The highest BCUT2D eigenvalue weighted by molar-refractivity contribution is 5.30. The topological polar surface area (TPSA) is 55.0 Å². The van der Waals surface area contributed by atoms with Gasteiger partial charge in [0, 0.05) is 31.5 Å². The molecular formula is C28H33N7. The van der Waals surface area contributed by atoms with Crippen molar-refractivity contribution in [2.24, 2.45) is 0 Å². The number of hydrogen-bond acceptors (Lipinski definition) is 5. The van der Waals surface area contributed by atoms with Gasteiger partial charge in [0.1, 0.15) is 6.33 Å². The number of nitrogens with zero attached hydrogens (tertiary/aromatic N) is 7. The number of hydrogen-bond donors (Lipinski definition) is 0. The molecule has 1 unspecified atom stereocenters. The second-order valence-electron chi connectivity index (χ2n) is 9.83. The highest BCUT2D eigenvalue weighted by Crippen LogP contribution is 2.33. The van der Waals surface area contributed by atoms with Gasteiger partial charge in [0.05, 0.1) is 19.1 Å². The average molecular weight is 468 g/mol. The largest absolute Gasteiger partial charge is 0.311 e. The van der Waals surface area contributed by atoms with Crippen molar-refractivity contribution >= 4 is 0 Å². The molecule has 0 spiro atoms. The molecule has 180 valence electrons. The minimum atomic E-state index is 0.0903. The SMILES string of the molecule is c1ccc(Cn2cnnc2C(c2ccc(Cn3cccn3)cc2)N2CC[C@H](N3CCCC3)C2)cc1. The molecule has 7 heteroatoms. The molecular weight excluding hydrogens is 434 g/mol. The van der Waals surface area contributed by atoms with Gasteiger partial charge < -0.3 is 4.57 Å². The van der Waals surface area contributed by atoms with Crippen LogP contribution in [0.4, 0.5) is 0 Å². The normalized spacial score (nSPS) is 19.9. The first-order valence-electron chi connectivity index (χ1n) is 12.8. The van der Waals surface area contributed by atoms with Gasteiger partial charge in [-0.2, -0.15) is 5.10 Å². The van der Waals surface area contributed by atoms with Gasteiger partial charge in [-0.3, -0.25) is 14.5 Å². The van der Waals surface area contributed by atoms with E-state index in [1.165, 1.54) is 49.0 Å². The molecule has 0 radical (unpaired) electrons. The van der Waals surface area contributed by atoms with E-state index >= 15 is 0 Å². The molecule has 0 aliphatic carbocycles. The zero-order chi connectivity index (χ0) is 23.5. The quantitative estimate of drug-likeness (QED) is 0.394. The van der Waals surface area contributed by atoms with E-state index in [1.54, 1.807) is 0 Å². The minimum Gasteiger partial charge on any atom is -0.311 e. The molecule has 0 bridgehead atoms. The predicted molar refractivity (Wildman–Crippen MR) is 136 cm³/mol. The van der Waals surface area contributed by atoms with Gasteiger partial charge in [-0.15, -0.1) is 10.2 Å². The van der Waals surface area contributed by atoms with E-state index in [0.717, 1.165) is 32.0 Å². The third-order valence-corrected chi connectivity index (χ3v) is 7.50. The summed E-state index contributed by atoms with van der Waals surface area (Å²) in [5, 5.41) is 13.4. The van der Waals surface area contributed by atoms with E-state index in [0.29, 0.717) is 6.04 Å². The summed E-state index contributed by atoms with van der Waals surface area (Å²) in [4.78, 5) is 5.32. The molecule has 2 saturated heterocycles. The standard InChI is InChI=1S/C28H33N7/c1-2-7-23(8-3-1)19-34-22-29-31-28(34)27(33-18-13-26(21-33)32-15-4-5-16-32)25-11-9-24(10-12-25)20-35-17-6-14-30-35/h1-3,6-12,14,17,22,26-27H,4-5,13,15-16,18-21H2/t26-,27?/m0/s1. The summed E-state index contributed by atoms with van der Waals surface area (Å²) in [5.41, 5.74) is 3.79. The Bertz CT molecular complexity index is 1190. The summed E-state index contributed by atoms with van der Waals surface area (Å²) in [6.45, 7) is 6.21. The van der Waals surface area contributed by atoms with Crippen LogP contribution >= 0.6 is 0 Å². The average Bonchev–Trinajstić information content (AvgIpc) is 3.70. The van der Waals surface area contributed by atoms with E-state index in [1.807, 2.05) is 29.5 Å². The molecule has 0 amide bonds. The Balaban J connectivity index is 1.29. The van der Waals surface area contributed by atoms with Gasteiger partial charge in [-0.05, 0) is 55.1 Å². The van der Waals surface area contributed by atoms with E-state index in [9.17, 15) is 0 Å². The van der Waals surface area contributed by atoms with E-state index in [-0.39, 0.29) is 6.04 Å². The molecule has 35 heavy (non-hydrogen) atoms. The molecule has 7 nitrogen and oxygen atoms in total. The number of benzene rings is 2. The van der Waals surface area contributed by atoms with Crippen LogP contribution in [0.1, 0.15) is 47.8 Å². The Hall–Kier alpha value is -3.29. The molecule has 2 aliphatic heterocycles. The molecule has 2 aromatic carbocycles. The molecule has 6 rings (SSSR count). The third kappa shape index (κ3) is 4.92. The van der Waals surface area contributed by atoms with Crippen LogP contribution in [0.5, 0.6) is 0 Å². The van der Waals surface area contributed by atoms with Crippen molar-refractivity contribution in [3.8, 4) is 0 Å². The van der Waals surface area contributed by atoms with E-state index < -0.39 is 0 Å². The maximum absolute atomic E-state index is 4.68. The lowest BCUT2D eigenvalue weighted by atomic mass is 10.0. The summed E-state index contributed by atoms with van der Waals surface area (Å²) in [5.74, 6) is 1.02. The van der Waals surface area contributed by atoms with Crippen LogP contribution in [0.25, 0.3) is 0 Å². The van der Waals surface area contributed by atoms with Gasteiger partial charge in [0.25, 0.3) is 0 Å². The van der Waals surface area contributed by atoms with Crippen LogP contribution in [0.15, 0.2) is 79.4 Å². The first kappa shape index (κ1) is 22.2. The lowest BCUT2D eigenvalue weighted by Crippen LogP contribution is -2.37. The van der Waals surface area contributed by atoms with Crippen molar-refractivity contribution in [1.29, 1.82) is 0 Å². The van der Waals surface area contributed by atoms with Crippen LogP contribution in [0, 0.1) is 0 Å². The molecule has 2 aliphatic rings. The number of aromatic nitrogens is 5. The Labute approximate surface area is 207 Å². The summed E-state index contributed by atoms with van der Waals surface area (Å²) < 4.78 is 4.19. The van der Waals surface area contributed by atoms with Crippen molar-refractivity contribution in [3.05, 3.63) is 102 Å². The van der Waals surface area contributed by atoms with Gasteiger partial charge >= 0.3 is 0 Å². The highest BCUT2D eigenvalue weighted by Gasteiger charge is 2.36. The van der Waals surface area contributed by atoms with Crippen LogP contribution in [-0.2, 0) is 13.1 Å². The van der Waals surface area contributed by atoms with Gasteiger partial charge in [0.15, 0.2) is 5.82 Å². The van der Waals surface area contributed by atoms with Crippen molar-refractivity contribution in [1.82, 2.24) is 34.3 Å². The fourth-order valence-corrected chi connectivity index (χ4v) is 5.69. The van der Waals surface area contributed by atoms with Crippen LogP contribution in [0.2, 0.25) is 0 Å². The number of likely N-dealkylation sites (tertiary alicyclic amines) is 2. The maximum atomic E-state index is 4.68. The maximum Gasteiger partial charge on any atom is 0.155 e. The molecule has 2 fully saturated rings. The lowest BCUT2D eigenvalue weighted by Gasteiger charge is -2.29. The second kappa shape index (κ2) is 10.1. The van der Waals surface area contributed by atoms with Crippen molar-refractivity contribution in [3.63, 3.8) is 0 Å². The zero-order valence-electron chi connectivity index (χ0n) is 20.2. The molecule has 2 atom stereocenters. The van der Waals surface area contributed by atoms with E-state index in [4.69, 9.17) is 0 Å². The van der Waals surface area contributed by atoms with Crippen molar-refractivity contribution in [2.75, 3.05) is 26.2 Å². The van der Waals surface area contributed by atoms with Crippen molar-refractivity contribution in [2.45, 2.75) is 44.4 Å². The highest BCUT2D eigenvalue weighted by atomic mass is 15.3. The number of rotatable bonds is 8. The molecule has 4 heterocycles. The Morgan fingerprint density at radius 3 is 2.43 bits per heavy atom. The Morgan fingerprint density at radius 2 is 1.66 bits per heavy atom.